The van der Waals surface area contributed by atoms with Gasteiger partial charge in [-0.1, -0.05) is 0 Å². The molecule has 2 aromatic rings. The summed E-state index contributed by atoms with van der Waals surface area (Å²) in [5.41, 5.74) is 0. The van der Waals surface area contributed by atoms with Gasteiger partial charge in [-0.05, 0) is 28.1 Å². The Morgan fingerprint density at radius 1 is 1.14 bits per heavy atom. The summed E-state index contributed by atoms with van der Waals surface area (Å²) in [6.07, 6.45) is 0. The summed E-state index contributed by atoms with van der Waals surface area (Å²) in [5, 5.41) is 2.72. The Bertz CT molecular complexity index is 644. The molecule has 118 valence electrons. The Hall–Kier alpha value is -2.16. The number of carbonyl (C=O) groups is 1. The van der Waals surface area contributed by atoms with Crippen molar-refractivity contribution < 1.29 is 9.21 Å². The average molecular weight is 369 g/mol. The third kappa shape index (κ3) is 3.94. The maximum Gasteiger partial charge on any atom is 0.287 e. The van der Waals surface area contributed by atoms with Crippen LogP contribution in [0.5, 0.6) is 0 Å². The van der Waals surface area contributed by atoms with Crippen LogP contribution in [0.25, 0.3) is 0 Å². The van der Waals surface area contributed by atoms with Crippen LogP contribution < -0.4 is 15.1 Å². The Kier molecular flexibility index (Phi) is 4.96. The maximum absolute atomic E-state index is 12.0. The quantitative estimate of drug-likeness (QED) is 0.850. The molecule has 0 atom stereocenters. The third-order valence-electron chi connectivity index (χ3n) is 2.66. The van der Waals surface area contributed by atoms with Crippen molar-refractivity contribution in [2.45, 2.75) is 6.54 Å². The second-order valence-corrected chi connectivity index (χ2v) is 5.71. The molecule has 0 aliphatic rings. The molecule has 0 aliphatic heterocycles. The van der Waals surface area contributed by atoms with Gasteiger partial charge in [0.05, 0.1) is 6.54 Å². The van der Waals surface area contributed by atoms with Gasteiger partial charge in [-0.2, -0.15) is 15.0 Å². The number of nitrogens with zero attached hydrogens (tertiary/aromatic N) is 5. The number of hydrogen-bond donors (Lipinski definition) is 1. The smallest absolute Gasteiger partial charge is 0.287 e. The summed E-state index contributed by atoms with van der Waals surface area (Å²) in [5.74, 6) is 1.43. The molecule has 0 saturated carbocycles. The number of rotatable bonds is 5. The highest BCUT2D eigenvalue weighted by Gasteiger charge is 2.13. The molecule has 0 bridgehead atoms. The predicted molar refractivity (Wildman–Crippen MR) is 86.1 cm³/mol. The zero-order valence-electron chi connectivity index (χ0n) is 12.8. The Balaban J connectivity index is 2.13. The Morgan fingerprint density at radius 3 is 2.18 bits per heavy atom. The highest BCUT2D eigenvalue weighted by atomic mass is 79.9. The molecule has 2 rings (SSSR count). The van der Waals surface area contributed by atoms with Crippen LogP contribution in [0.4, 0.5) is 11.9 Å². The van der Waals surface area contributed by atoms with Crippen LogP contribution in [0.2, 0.25) is 0 Å². The first kappa shape index (κ1) is 16.2. The van der Waals surface area contributed by atoms with E-state index in [0.29, 0.717) is 22.4 Å². The molecular formula is C13H17BrN6O2. The standard InChI is InChI=1S/C13H17BrN6O2/c1-19(2)12-16-10(17-13(18-12)20(3)4)7-15-11(21)8-5-6-9(14)22-8/h5-6H,7H2,1-4H3,(H,15,21). The van der Waals surface area contributed by atoms with Crippen molar-refractivity contribution in [2.75, 3.05) is 38.0 Å². The molecule has 8 nitrogen and oxygen atoms in total. The molecule has 22 heavy (non-hydrogen) atoms. The van der Waals surface area contributed by atoms with Gasteiger partial charge in [0, 0.05) is 28.2 Å². The lowest BCUT2D eigenvalue weighted by Gasteiger charge is -2.16. The minimum Gasteiger partial charge on any atom is -0.444 e. The van der Waals surface area contributed by atoms with Crippen molar-refractivity contribution in [3.63, 3.8) is 0 Å². The van der Waals surface area contributed by atoms with E-state index in [4.69, 9.17) is 4.42 Å². The maximum atomic E-state index is 12.0. The molecule has 1 amide bonds. The summed E-state index contributed by atoms with van der Waals surface area (Å²) in [6, 6.07) is 3.25. The molecule has 0 aromatic carbocycles. The van der Waals surface area contributed by atoms with Crippen LogP contribution in [-0.2, 0) is 6.54 Å². The first-order chi connectivity index (χ1) is 10.4. The first-order valence-corrected chi connectivity index (χ1v) is 7.29. The lowest BCUT2D eigenvalue weighted by atomic mass is 10.4. The average Bonchev–Trinajstić information content (AvgIpc) is 2.91. The second-order valence-electron chi connectivity index (χ2n) is 4.93. The number of amides is 1. The van der Waals surface area contributed by atoms with Gasteiger partial charge in [-0.25, -0.2) is 0 Å². The van der Waals surface area contributed by atoms with Gasteiger partial charge in [0.25, 0.3) is 5.91 Å². The summed E-state index contributed by atoms with van der Waals surface area (Å²) >= 11 is 3.16. The summed E-state index contributed by atoms with van der Waals surface area (Å²) < 4.78 is 5.70. The number of aromatic nitrogens is 3. The third-order valence-corrected chi connectivity index (χ3v) is 3.09. The van der Waals surface area contributed by atoms with Crippen molar-refractivity contribution in [1.82, 2.24) is 20.3 Å². The largest absolute Gasteiger partial charge is 0.444 e. The van der Waals surface area contributed by atoms with E-state index in [-0.39, 0.29) is 18.2 Å². The number of hydrogen-bond acceptors (Lipinski definition) is 7. The van der Waals surface area contributed by atoms with Crippen LogP contribution in [0.15, 0.2) is 21.2 Å². The van der Waals surface area contributed by atoms with Crippen LogP contribution in [0, 0.1) is 0 Å². The van der Waals surface area contributed by atoms with E-state index in [0.717, 1.165) is 0 Å². The van der Waals surface area contributed by atoms with E-state index < -0.39 is 0 Å². The Labute approximate surface area is 136 Å². The van der Waals surface area contributed by atoms with E-state index in [1.165, 1.54) is 0 Å². The topological polar surface area (TPSA) is 87.4 Å². The molecule has 0 unspecified atom stereocenters. The molecule has 9 heteroatoms. The van der Waals surface area contributed by atoms with Gasteiger partial charge < -0.3 is 19.5 Å². The monoisotopic (exact) mass is 368 g/mol. The van der Waals surface area contributed by atoms with Crippen molar-refractivity contribution in [1.29, 1.82) is 0 Å². The highest BCUT2D eigenvalue weighted by Crippen LogP contribution is 2.14. The van der Waals surface area contributed by atoms with Crippen LogP contribution >= 0.6 is 15.9 Å². The summed E-state index contributed by atoms with van der Waals surface area (Å²) in [4.78, 5) is 28.4. The minimum absolute atomic E-state index is 0.182. The van der Waals surface area contributed by atoms with Gasteiger partial charge in [-0.3, -0.25) is 4.79 Å². The van der Waals surface area contributed by atoms with Crippen molar-refractivity contribution in [3.05, 3.63) is 28.4 Å². The lowest BCUT2D eigenvalue weighted by molar-refractivity contribution is 0.0921. The zero-order valence-corrected chi connectivity index (χ0v) is 14.4. The fourth-order valence-electron chi connectivity index (χ4n) is 1.56. The molecule has 2 heterocycles. The molecular weight excluding hydrogens is 352 g/mol. The van der Waals surface area contributed by atoms with Crippen LogP contribution in [0.3, 0.4) is 0 Å². The normalized spacial score (nSPS) is 10.4. The van der Waals surface area contributed by atoms with Crippen molar-refractivity contribution in [2.24, 2.45) is 0 Å². The fourth-order valence-corrected chi connectivity index (χ4v) is 1.86. The minimum atomic E-state index is -0.330. The van der Waals surface area contributed by atoms with Gasteiger partial charge in [-0.15, -0.1) is 0 Å². The van der Waals surface area contributed by atoms with Crippen LogP contribution in [0.1, 0.15) is 16.4 Å². The predicted octanol–water partition coefficient (Wildman–Crippen LogP) is 1.29. The van der Waals surface area contributed by atoms with E-state index in [1.807, 2.05) is 28.2 Å². The van der Waals surface area contributed by atoms with E-state index >= 15 is 0 Å². The van der Waals surface area contributed by atoms with Crippen LogP contribution in [-0.4, -0.2) is 49.0 Å². The highest BCUT2D eigenvalue weighted by molar-refractivity contribution is 9.10. The summed E-state index contributed by atoms with van der Waals surface area (Å²) in [7, 11) is 7.38. The van der Waals surface area contributed by atoms with Gasteiger partial charge in [0.1, 0.15) is 0 Å². The summed E-state index contributed by atoms with van der Waals surface area (Å²) in [6.45, 7) is 0.182. The zero-order chi connectivity index (χ0) is 16.3. The second kappa shape index (κ2) is 6.73. The molecule has 0 spiro atoms. The molecule has 0 saturated heterocycles. The van der Waals surface area contributed by atoms with Crippen molar-refractivity contribution >= 4 is 33.7 Å². The fraction of sp³-hybridized carbons (Fsp3) is 0.385. The molecule has 0 aliphatic carbocycles. The first-order valence-electron chi connectivity index (χ1n) is 6.50. The number of furan rings is 1. The number of nitrogens with one attached hydrogen (secondary N) is 1. The van der Waals surface area contributed by atoms with E-state index in [2.05, 4.69) is 36.2 Å². The lowest BCUT2D eigenvalue weighted by Crippen LogP contribution is -2.26. The number of anilines is 2. The van der Waals surface area contributed by atoms with Gasteiger partial charge in [0.15, 0.2) is 16.3 Å². The Morgan fingerprint density at radius 2 is 1.73 bits per heavy atom. The van der Waals surface area contributed by atoms with Gasteiger partial charge in [0.2, 0.25) is 11.9 Å². The SMILES string of the molecule is CN(C)c1nc(CNC(=O)c2ccc(Br)o2)nc(N(C)C)n1. The number of carbonyl (C=O) groups excluding carboxylic acids is 1. The van der Waals surface area contributed by atoms with E-state index in [1.54, 1.807) is 21.9 Å². The molecule has 0 radical (unpaired) electrons. The van der Waals surface area contributed by atoms with Crippen molar-refractivity contribution in [3.8, 4) is 0 Å². The van der Waals surface area contributed by atoms with E-state index in [9.17, 15) is 4.79 Å². The molecule has 2 aromatic heterocycles. The molecule has 0 fully saturated rings. The number of halogens is 1. The van der Waals surface area contributed by atoms with Gasteiger partial charge >= 0.3 is 0 Å². The molecule has 1 N–H and O–H groups in total.